The summed E-state index contributed by atoms with van der Waals surface area (Å²) in [4.78, 5) is 32.0. The van der Waals surface area contributed by atoms with Crippen LogP contribution in [0.15, 0.2) is 41.8 Å². The molecule has 4 fully saturated rings. The average Bonchev–Trinajstić information content (AvgIpc) is 3.44. The third-order valence-corrected chi connectivity index (χ3v) is 9.81. The summed E-state index contributed by atoms with van der Waals surface area (Å²) in [6.45, 7) is 6.65. The zero-order valence-corrected chi connectivity index (χ0v) is 22.1. The van der Waals surface area contributed by atoms with Crippen LogP contribution in [0.4, 0.5) is 10.1 Å². The molecule has 2 atom stereocenters. The number of hydrogen-bond acceptors (Lipinski definition) is 5. The molecule has 4 saturated heterocycles. The van der Waals surface area contributed by atoms with Crippen molar-refractivity contribution in [3.05, 3.63) is 52.5 Å². The SMILES string of the molecule is CN(C(=O)C[N+]12CCC(CC1)[C@@H](OC(=O)C(C)(c1cccs1)N1CCCCC1)C2)c1cccc(F)c1. The monoisotopic (exact) mass is 514 g/mol. The highest BCUT2D eigenvalue weighted by molar-refractivity contribution is 7.10. The molecule has 1 amide bonds. The summed E-state index contributed by atoms with van der Waals surface area (Å²) in [5, 5.41) is 2.03. The number of thiophene rings is 1. The molecule has 2 aromatic rings. The highest BCUT2D eigenvalue weighted by atomic mass is 32.1. The molecule has 4 aliphatic heterocycles. The number of hydrogen-bond donors (Lipinski definition) is 0. The van der Waals surface area contributed by atoms with Gasteiger partial charge in [-0.1, -0.05) is 18.6 Å². The van der Waals surface area contributed by atoms with Crippen LogP contribution in [0.1, 0.15) is 43.9 Å². The lowest BCUT2D eigenvalue weighted by Crippen LogP contribution is -2.67. The van der Waals surface area contributed by atoms with Crippen molar-refractivity contribution in [3.63, 3.8) is 0 Å². The Morgan fingerprint density at radius 2 is 1.92 bits per heavy atom. The van der Waals surface area contributed by atoms with Crippen molar-refractivity contribution in [2.75, 3.05) is 51.2 Å². The first-order valence-electron chi connectivity index (χ1n) is 13.2. The van der Waals surface area contributed by atoms with Gasteiger partial charge in [-0.05, 0) is 62.5 Å². The van der Waals surface area contributed by atoms with E-state index >= 15 is 0 Å². The number of esters is 1. The Balaban J connectivity index is 1.30. The van der Waals surface area contributed by atoms with E-state index < -0.39 is 5.54 Å². The predicted molar refractivity (Wildman–Crippen MR) is 139 cm³/mol. The van der Waals surface area contributed by atoms with Crippen molar-refractivity contribution in [3.8, 4) is 0 Å². The predicted octanol–water partition coefficient (Wildman–Crippen LogP) is 4.40. The van der Waals surface area contributed by atoms with Gasteiger partial charge in [0.1, 0.15) is 12.4 Å². The van der Waals surface area contributed by atoms with Crippen LogP contribution in [-0.4, -0.2) is 73.7 Å². The van der Waals surface area contributed by atoms with Gasteiger partial charge in [0.2, 0.25) is 0 Å². The zero-order chi connectivity index (χ0) is 25.3. The van der Waals surface area contributed by atoms with E-state index in [0.29, 0.717) is 29.2 Å². The van der Waals surface area contributed by atoms with E-state index in [1.807, 2.05) is 24.4 Å². The van der Waals surface area contributed by atoms with Crippen LogP contribution in [0.5, 0.6) is 0 Å². The summed E-state index contributed by atoms with van der Waals surface area (Å²) < 4.78 is 20.7. The Labute approximate surface area is 217 Å². The van der Waals surface area contributed by atoms with Crippen molar-refractivity contribution in [2.24, 2.45) is 5.92 Å². The van der Waals surface area contributed by atoms with Crippen LogP contribution in [-0.2, 0) is 19.9 Å². The molecule has 1 aromatic heterocycles. The molecule has 0 spiro atoms. The number of likely N-dealkylation sites (N-methyl/N-ethyl adjacent to an activating group) is 1. The number of rotatable bonds is 7. The summed E-state index contributed by atoms with van der Waals surface area (Å²) in [7, 11) is 1.70. The van der Waals surface area contributed by atoms with E-state index in [1.165, 1.54) is 18.6 Å². The van der Waals surface area contributed by atoms with Gasteiger partial charge in [0.05, 0.1) is 13.1 Å². The van der Waals surface area contributed by atoms with E-state index in [0.717, 1.165) is 56.7 Å². The molecule has 0 aliphatic carbocycles. The number of amides is 1. The molecular formula is C28H37FN3O3S+. The molecule has 0 saturated carbocycles. The van der Waals surface area contributed by atoms with Crippen molar-refractivity contribution in [1.82, 2.24) is 4.90 Å². The molecule has 36 heavy (non-hydrogen) atoms. The van der Waals surface area contributed by atoms with Gasteiger partial charge >= 0.3 is 5.97 Å². The number of piperidine rings is 4. The number of quaternary nitrogens is 1. The van der Waals surface area contributed by atoms with E-state index in [4.69, 9.17) is 4.74 Å². The third-order valence-electron chi connectivity index (χ3n) is 8.73. The number of likely N-dealkylation sites (tertiary alicyclic amines) is 1. The van der Waals surface area contributed by atoms with Gasteiger partial charge in [0.25, 0.3) is 5.91 Å². The molecule has 8 heteroatoms. The molecule has 0 N–H and O–H groups in total. The van der Waals surface area contributed by atoms with Gasteiger partial charge in [-0.2, -0.15) is 0 Å². The van der Waals surface area contributed by atoms with E-state index in [9.17, 15) is 14.0 Å². The van der Waals surface area contributed by atoms with E-state index in [1.54, 1.807) is 35.4 Å². The number of fused-ring (bicyclic) bond motifs is 3. The van der Waals surface area contributed by atoms with Gasteiger partial charge in [0, 0.05) is 36.4 Å². The average molecular weight is 515 g/mol. The smallest absolute Gasteiger partial charge is 0.332 e. The molecular weight excluding hydrogens is 477 g/mol. The lowest BCUT2D eigenvalue weighted by Gasteiger charge is -2.52. The lowest BCUT2D eigenvalue weighted by molar-refractivity contribution is -0.939. The maximum Gasteiger partial charge on any atom is 0.332 e. The maximum atomic E-state index is 13.9. The largest absolute Gasteiger partial charge is 0.454 e. The van der Waals surface area contributed by atoms with Crippen molar-refractivity contribution >= 4 is 28.9 Å². The first-order chi connectivity index (χ1) is 17.3. The van der Waals surface area contributed by atoms with Crippen molar-refractivity contribution in [2.45, 2.75) is 50.7 Å². The van der Waals surface area contributed by atoms with Gasteiger partial charge in [0.15, 0.2) is 18.2 Å². The van der Waals surface area contributed by atoms with Gasteiger partial charge in [-0.25, -0.2) is 9.18 Å². The molecule has 1 unspecified atom stereocenters. The maximum absolute atomic E-state index is 13.9. The van der Waals surface area contributed by atoms with Gasteiger partial charge in [-0.3, -0.25) is 9.69 Å². The molecule has 0 radical (unpaired) electrons. The Kier molecular flexibility index (Phi) is 7.21. The summed E-state index contributed by atoms with van der Waals surface area (Å²) in [5.74, 6) is -0.207. The highest BCUT2D eigenvalue weighted by Crippen LogP contribution is 2.40. The second kappa shape index (κ2) is 10.2. The van der Waals surface area contributed by atoms with E-state index in [2.05, 4.69) is 4.90 Å². The van der Waals surface area contributed by atoms with Gasteiger partial charge < -0.3 is 14.1 Å². The van der Waals surface area contributed by atoms with Crippen LogP contribution in [0.25, 0.3) is 0 Å². The molecule has 194 valence electrons. The zero-order valence-electron chi connectivity index (χ0n) is 21.3. The van der Waals surface area contributed by atoms with Gasteiger partial charge in [-0.15, -0.1) is 11.3 Å². The van der Waals surface area contributed by atoms with Crippen LogP contribution in [0.3, 0.4) is 0 Å². The quantitative estimate of drug-likeness (QED) is 0.406. The number of ether oxygens (including phenoxy) is 1. The summed E-state index contributed by atoms with van der Waals surface area (Å²) in [6, 6.07) is 10.2. The van der Waals surface area contributed by atoms with Crippen LogP contribution < -0.4 is 4.90 Å². The highest BCUT2D eigenvalue weighted by Gasteiger charge is 2.51. The lowest BCUT2D eigenvalue weighted by atomic mass is 9.83. The molecule has 4 aliphatic rings. The number of benzene rings is 1. The molecule has 1 aromatic carbocycles. The summed E-state index contributed by atoms with van der Waals surface area (Å²) >= 11 is 1.62. The number of anilines is 1. The fourth-order valence-corrected chi connectivity index (χ4v) is 7.24. The molecule has 6 nitrogen and oxygen atoms in total. The van der Waals surface area contributed by atoms with Crippen LogP contribution >= 0.6 is 11.3 Å². The first kappa shape index (κ1) is 25.4. The van der Waals surface area contributed by atoms with Crippen LogP contribution in [0, 0.1) is 11.7 Å². The standard InChI is InChI=1S/C28H37FN3O3S/c1-28(25-10-7-17-36-25,31-13-4-3-5-14-31)27(34)35-24-19-32(15-11-21(24)12-16-32)20-26(33)30(2)23-9-6-8-22(29)18-23/h6-10,17-18,21,24H,3-5,11-16,19-20H2,1-2H3/q+1/t21?,24-,28?,32?/m0/s1. The number of carbonyl (C=O) groups excluding carboxylic acids is 2. The Hall–Kier alpha value is -2.29. The van der Waals surface area contributed by atoms with E-state index in [-0.39, 0.29) is 23.8 Å². The third kappa shape index (κ3) is 4.83. The second-order valence-electron chi connectivity index (χ2n) is 10.9. The first-order valence-corrected chi connectivity index (χ1v) is 14.1. The molecule has 5 heterocycles. The van der Waals surface area contributed by atoms with Crippen molar-refractivity contribution < 1.29 is 23.2 Å². The number of halogens is 1. The van der Waals surface area contributed by atoms with Crippen molar-refractivity contribution in [1.29, 1.82) is 0 Å². The topological polar surface area (TPSA) is 49.9 Å². The second-order valence-corrected chi connectivity index (χ2v) is 11.9. The molecule has 6 rings (SSSR count). The molecule has 2 bridgehead atoms. The number of nitrogens with zero attached hydrogens (tertiary/aromatic N) is 3. The normalized spacial score (nSPS) is 27.9. The minimum atomic E-state index is -0.779. The summed E-state index contributed by atoms with van der Waals surface area (Å²) in [5.41, 5.74) is -0.222. The fraction of sp³-hybridized carbons (Fsp3) is 0.571. The Bertz CT molecular complexity index is 1080. The number of carbonyl (C=O) groups is 2. The fourth-order valence-electron chi connectivity index (χ4n) is 6.33. The van der Waals surface area contributed by atoms with Crippen LogP contribution in [0.2, 0.25) is 0 Å². The Morgan fingerprint density at radius 3 is 2.58 bits per heavy atom. The summed E-state index contributed by atoms with van der Waals surface area (Å²) in [6.07, 6.45) is 5.12. The Morgan fingerprint density at radius 1 is 1.17 bits per heavy atom. The minimum absolute atomic E-state index is 0.0391. The minimum Gasteiger partial charge on any atom is -0.454 e.